The van der Waals surface area contributed by atoms with Gasteiger partial charge in [-0.25, -0.2) is 4.39 Å². The van der Waals surface area contributed by atoms with Gasteiger partial charge in [-0.1, -0.05) is 12.1 Å². The lowest BCUT2D eigenvalue weighted by molar-refractivity contribution is -0.154. The van der Waals surface area contributed by atoms with Crippen molar-refractivity contribution < 1.29 is 23.5 Å². The van der Waals surface area contributed by atoms with Crippen LogP contribution in [0.3, 0.4) is 0 Å². The quantitative estimate of drug-likeness (QED) is 0.585. The molecule has 27 heavy (non-hydrogen) atoms. The molecular weight excluding hydrogens is 371 g/mol. The zero-order valence-electron chi connectivity index (χ0n) is 15.5. The maximum absolute atomic E-state index is 13.4. The molecule has 2 amide bonds. The van der Waals surface area contributed by atoms with E-state index >= 15 is 0 Å². The number of benzene rings is 1. The lowest BCUT2D eigenvalue weighted by Crippen LogP contribution is -2.56. The van der Waals surface area contributed by atoms with E-state index in [0.717, 1.165) is 0 Å². The van der Waals surface area contributed by atoms with Gasteiger partial charge >= 0.3 is 5.97 Å². The summed E-state index contributed by atoms with van der Waals surface area (Å²) in [6.07, 6.45) is 2.27. The van der Waals surface area contributed by atoms with Gasteiger partial charge in [0.25, 0.3) is 0 Å². The highest BCUT2D eigenvalue weighted by molar-refractivity contribution is 7.98. The second-order valence-corrected chi connectivity index (χ2v) is 7.79. The molecule has 0 unspecified atom stereocenters. The predicted molar refractivity (Wildman–Crippen MR) is 99.4 cm³/mol. The Bertz CT molecular complexity index is 757. The SMILES string of the molecule is CCN1C(=O)[C@@H]2[C@H](c3ccc(F)cc3)N[C@](CCSC)(C(=O)OC)[C@H]2C1=O. The molecule has 2 saturated heterocycles. The van der Waals surface area contributed by atoms with Gasteiger partial charge in [-0.2, -0.15) is 11.8 Å². The molecule has 0 spiro atoms. The Hall–Kier alpha value is -1.93. The summed E-state index contributed by atoms with van der Waals surface area (Å²) in [5.41, 5.74) is -0.613. The first-order chi connectivity index (χ1) is 12.9. The number of halogens is 1. The van der Waals surface area contributed by atoms with Crippen molar-refractivity contribution in [3.05, 3.63) is 35.6 Å². The van der Waals surface area contributed by atoms with E-state index in [2.05, 4.69) is 5.32 Å². The second-order valence-electron chi connectivity index (χ2n) is 6.80. The number of amides is 2. The Kier molecular flexibility index (Phi) is 5.58. The van der Waals surface area contributed by atoms with Gasteiger partial charge in [-0.3, -0.25) is 24.6 Å². The first-order valence-electron chi connectivity index (χ1n) is 8.87. The zero-order valence-corrected chi connectivity index (χ0v) is 16.3. The minimum Gasteiger partial charge on any atom is -0.468 e. The minimum absolute atomic E-state index is 0.251. The maximum atomic E-state index is 13.4. The highest BCUT2D eigenvalue weighted by atomic mass is 32.2. The minimum atomic E-state index is -1.28. The van der Waals surface area contributed by atoms with E-state index in [0.29, 0.717) is 17.7 Å². The van der Waals surface area contributed by atoms with Gasteiger partial charge in [0.1, 0.15) is 11.4 Å². The molecule has 0 bridgehead atoms. The average molecular weight is 394 g/mol. The van der Waals surface area contributed by atoms with E-state index in [9.17, 15) is 18.8 Å². The number of esters is 1. The second kappa shape index (κ2) is 7.59. The summed E-state index contributed by atoms with van der Waals surface area (Å²) in [4.78, 5) is 40.1. The van der Waals surface area contributed by atoms with Gasteiger partial charge in [0.15, 0.2) is 0 Å². The molecule has 2 aliphatic rings. The van der Waals surface area contributed by atoms with Crippen molar-refractivity contribution in [2.75, 3.05) is 25.7 Å². The molecule has 3 rings (SSSR count). The lowest BCUT2D eigenvalue weighted by Gasteiger charge is -2.32. The van der Waals surface area contributed by atoms with Crippen molar-refractivity contribution in [1.29, 1.82) is 0 Å². The summed E-state index contributed by atoms with van der Waals surface area (Å²) < 4.78 is 18.4. The molecule has 4 atom stereocenters. The Morgan fingerprint density at radius 1 is 1.30 bits per heavy atom. The molecular formula is C19H23FN2O4S. The molecule has 0 radical (unpaired) electrons. The van der Waals surface area contributed by atoms with Crippen LogP contribution in [0.15, 0.2) is 24.3 Å². The maximum Gasteiger partial charge on any atom is 0.326 e. The fourth-order valence-corrected chi connectivity index (χ4v) is 4.82. The van der Waals surface area contributed by atoms with E-state index in [4.69, 9.17) is 4.74 Å². The van der Waals surface area contributed by atoms with Crippen LogP contribution in [-0.2, 0) is 19.1 Å². The molecule has 0 saturated carbocycles. The third-order valence-corrected chi connectivity index (χ3v) is 6.15. The van der Waals surface area contributed by atoms with Gasteiger partial charge in [-0.15, -0.1) is 0 Å². The summed E-state index contributed by atoms with van der Waals surface area (Å²) in [6, 6.07) is 5.22. The van der Waals surface area contributed by atoms with Gasteiger partial charge in [-0.05, 0) is 43.0 Å². The number of methoxy groups -OCH3 is 1. The van der Waals surface area contributed by atoms with Crippen LogP contribution in [0.4, 0.5) is 4.39 Å². The monoisotopic (exact) mass is 394 g/mol. The summed E-state index contributed by atoms with van der Waals surface area (Å²) in [6.45, 7) is 1.99. The number of hydrogen-bond acceptors (Lipinski definition) is 6. The Morgan fingerprint density at radius 2 is 1.96 bits per heavy atom. The van der Waals surface area contributed by atoms with Crippen LogP contribution >= 0.6 is 11.8 Å². The molecule has 2 heterocycles. The molecule has 2 aliphatic heterocycles. The number of likely N-dealkylation sites (tertiary alicyclic amines) is 1. The van der Waals surface area contributed by atoms with Crippen LogP contribution < -0.4 is 5.32 Å². The summed E-state index contributed by atoms with van der Waals surface area (Å²) in [5.74, 6) is -2.52. The van der Waals surface area contributed by atoms with E-state index in [1.807, 2.05) is 6.26 Å². The highest BCUT2D eigenvalue weighted by Gasteiger charge is 2.68. The number of imide groups is 1. The molecule has 2 fully saturated rings. The number of hydrogen-bond donors (Lipinski definition) is 1. The van der Waals surface area contributed by atoms with Crippen molar-refractivity contribution in [2.45, 2.75) is 24.9 Å². The molecule has 1 N–H and O–H groups in total. The molecule has 6 nitrogen and oxygen atoms in total. The predicted octanol–water partition coefficient (Wildman–Crippen LogP) is 1.76. The standard InChI is InChI=1S/C19H23FN2O4S/c1-4-22-16(23)13-14(17(22)24)19(9-10-27-3,18(25)26-2)21-15(13)11-5-7-12(20)8-6-11/h5-8,13-15,21H,4,9-10H2,1-3H3/t13-,14+,15-,19-/m0/s1. The number of carbonyl (C=O) groups excluding carboxylic acids is 3. The summed E-state index contributed by atoms with van der Waals surface area (Å²) in [5, 5.41) is 3.25. The topological polar surface area (TPSA) is 75.7 Å². The largest absolute Gasteiger partial charge is 0.468 e. The third kappa shape index (κ3) is 3.04. The van der Waals surface area contributed by atoms with E-state index in [1.165, 1.54) is 24.1 Å². The van der Waals surface area contributed by atoms with Crippen LogP contribution in [0.1, 0.15) is 24.9 Å². The molecule has 0 aromatic heterocycles. The van der Waals surface area contributed by atoms with Crippen molar-refractivity contribution in [3.63, 3.8) is 0 Å². The van der Waals surface area contributed by atoms with Gasteiger partial charge in [0, 0.05) is 12.6 Å². The zero-order chi connectivity index (χ0) is 19.8. The smallest absolute Gasteiger partial charge is 0.326 e. The number of ether oxygens (including phenoxy) is 1. The third-order valence-electron chi connectivity index (χ3n) is 5.54. The van der Waals surface area contributed by atoms with E-state index in [1.54, 1.807) is 30.8 Å². The average Bonchev–Trinajstić information content (AvgIpc) is 3.14. The van der Waals surface area contributed by atoms with Crippen molar-refractivity contribution in [3.8, 4) is 0 Å². The van der Waals surface area contributed by atoms with Gasteiger partial charge in [0.2, 0.25) is 11.8 Å². The van der Waals surface area contributed by atoms with Crippen LogP contribution in [0.25, 0.3) is 0 Å². The van der Waals surface area contributed by atoms with Crippen LogP contribution in [0.5, 0.6) is 0 Å². The molecule has 1 aromatic carbocycles. The highest BCUT2D eigenvalue weighted by Crippen LogP contribution is 2.50. The first-order valence-corrected chi connectivity index (χ1v) is 10.3. The van der Waals surface area contributed by atoms with Crippen molar-refractivity contribution >= 4 is 29.5 Å². The van der Waals surface area contributed by atoms with Gasteiger partial charge < -0.3 is 4.74 Å². The number of nitrogens with one attached hydrogen (secondary N) is 1. The molecule has 1 aromatic rings. The molecule has 8 heteroatoms. The number of rotatable bonds is 6. The summed E-state index contributed by atoms with van der Waals surface area (Å²) >= 11 is 1.55. The molecule has 0 aliphatic carbocycles. The lowest BCUT2D eigenvalue weighted by atomic mass is 9.78. The Morgan fingerprint density at radius 3 is 2.52 bits per heavy atom. The van der Waals surface area contributed by atoms with E-state index in [-0.39, 0.29) is 24.2 Å². The fraction of sp³-hybridized carbons (Fsp3) is 0.526. The Balaban J connectivity index is 2.12. The first kappa shape index (κ1) is 19.8. The number of thioether (sulfide) groups is 1. The van der Waals surface area contributed by atoms with Crippen LogP contribution in [-0.4, -0.2) is 53.9 Å². The number of carbonyl (C=O) groups is 3. The fourth-order valence-electron chi connectivity index (χ4n) is 4.30. The Labute approximate surface area is 161 Å². The van der Waals surface area contributed by atoms with Crippen molar-refractivity contribution in [1.82, 2.24) is 10.2 Å². The number of fused-ring (bicyclic) bond motifs is 1. The number of nitrogens with zero attached hydrogens (tertiary/aromatic N) is 1. The van der Waals surface area contributed by atoms with Crippen molar-refractivity contribution in [2.24, 2.45) is 11.8 Å². The summed E-state index contributed by atoms with van der Waals surface area (Å²) in [7, 11) is 1.28. The molecule has 146 valence electrons. The van der Waals surface area contributed by atoms with E-state index < -0.39 is 29.4 Å². The normalized spacial score (nSPS) is 29.9. The van der Waals surface area contributed by atoms with Crippen LogP contribution in [0, 0.1) is 17.7 Å². The van der Waals surface area contributed by atoms with Gasteiger partial charge in [0.05, 0.1) is 18.9 Å². The van der Waals surface area contributed by atoms with Crippen LogP contribution in [0.2, 0.25) is 0 Å².